The van der Waals surface area contributed by atoms with Crippen molar-refractivity contribution in [2.24, 2.45) is 0 Å². The number of hydrogen-bond acceptors (Lipinski definition) is 3. The van der Waals surface area contributed by atoms with Gasteiger partial charge in [0.15, 0.2) is 0 Å². The second-order valence-corrected chi connectivity index (χ2v) is 4.42. The smallest absolute Gasteiger partial charge is 0.137 e. The first-order valence-corrected chi connectivity index (χ1v) is 6.08. The molecule has 0 unspecified atom stereocenters. The Bertz CT molecular complexity index is 529. The fraction of sp³-hybridized carbons (Fsp3) is 0.154. The van der Waals surface area contributed by atoms with Gasteiger partial charge in [-0.3, -0.25) is 0 Å². The van der Waals surface area contributed by atoms with Crippen molar-refractivity contribution in [2.45, 2.75) is 13.2 Å². The maximum absolute atomic E-state index is 8.92. The van der Waals surface area contributed by atoms with Crippen LogP contribution in [0.1, 0.15) is 11.1 Å². The summed E-state index contributed by atoms with van der Waals surface area (Å²) in [4.78, 5) is 3.93. The summed E-state index contributed by atoms with van der Waals surface area (Å²) in [5.41, 5.74) is 1.61. The van der Waals surface area contributed by atoms with E-state index >= 15 is 0 Å². The van der Waals surface area contributed by atoms with Crippen LogP contribution in [0.3, 0.4) is 0 Å². The summed E-state index contributed by atoms with van der Waals surface area (Å²) in [5.74, 6) is 0.707. The number of aliphatic hydroxyl groups excluding tert-OH is 1. The van der Waals surface area contributed by atoms with Crippen molar-refractivity contribution in [3.05, 3.63) is 57.8 Å². The SMILES string of the molecule is OCc1ccc(OCc2ccc(Cl)nc2Cl)cc1. The van der Waals surface area contributed by atoms with Crippen molar-refractivity contribution in [1.29, 1.82) is 0 Å². The number of benzene rings is 1. The molecule has 1 aromatic heterocycles. The van der Waals surface area contributed by atoms with Crippen LogP contribution in [0, 0.1) is 0 Å². The van der Waals surface area contributed by atoms with Crippen LogP contribution >= 0.6 is 23.2 Å². The van der Waals surface area contributed by atoms with E-state index in [9.17, 15) is 0 Å². The summed E-state index contributed by atoms with van der Waals surface area (Å²) in [7, 11) is 0. The first kappa shape index (κ1) is 13.1. The molecule has 0 spiro atoms. The lowest BCUT2D eigenvalue weighted by molar-refractivity contribution is 0.280. The summed E-state index contributed by atoms with van der Waals surface area (Å²) in [6.45, 7) is 0.342. The van der Waals surface area contributed by atoms with Crippen LogP contribution < -0.4 is 4.74 Å². The standard InChI is InChI=1S/C13H11Cl2NO2/c14-12-6-3-10(13(15)16-12)8-18-11-4-1-9(7-17)2-5-11/h1-6,17H,7-8H2. The summed E-state index contributed by atoms with van der Waals surface area (Å²) in [5, 5.41) is 9.62. The summed E-state index contributed by atoms with van der Waals surface area (Å²) in [6.07, 6.45) is 0. The second kappa shape index (κ2) is 6.05. The Kier molecular flexibility index (Phi) is 4.42. The van der Waals surface area contributed by atoms with Gasteiger partial charge < -0.3 is 9.84 Å². The molecule has 1 aromatic carbocycles. The largest absolute Gasteiger partial charge is 0.489 e. The van der Waals surface area contributed by atoms with E-state index < -0.39 is 0 Å². The van der Waals surface area contributed by atoms with Crippen molar-refractivity contribution >= 4 is 23.2 Å². The Morgan fingerprint density at radius 1 is 1.06 bits per heavy atom. The van der Waals surface area contributed by atoms with Crippen molar-refractivity contribution in [3.63, 3.8) is 0 Å². The van der Waals surface area contributed by atoms with Crippen molar-refractivity contribution < 1.29 is 9.84 Å². The maximum Gasteiger partial charge on any atom is 0.137 e. The molecule has 0 aliphatic carbocycles. The number of aromatic nitrogens is 1. The molecule has 2 aromatic rings. The van der Waals surface area contributed by atoms with Gasteiger partial charge in [-0.2, -0.15) is 0 Å². The molecule has 0 atom stereocenters. The first-order chi connectivity index (χ1) is 8.69. The van der Waals surface area contributed by atoms with Gasteiger partial charge in [0.1, 0.15) is 22.7 Å². The molecule has 2 rings (SSSR count). The normalized spacial score (nSPS) is 10.4. The van der Waals surface area contributed by atoms with Crippen LogP contribution in [0.25, 0.3) is 0 Å². The van der Waals surface area contributed by atoms with Gasteiger partial charge in [-0.25, -0.2) is 4.98 Å². The highest BCUT2D eigenvalue weighted by molar-refractivity contribution is 6.32. The quantitative estimate of drug-likeness (QED) is 0.874. The van der Waals surface area contributed by atoms with E-state index in [0.29, 0.717) is 22.7 Å². The molecule has 0 aliphatic heterocycles. The zero-order valence-corrected chi connectivity index (χ0v) is 10.9. The van der Waals surface area contributed by atoms with Crippen LogP contribution in [0.2, 0.25) is 10.3 Å². The summed E-state index contributed by atoms with van der Waals surface area (Å²) < 4.78 is 5.56. The minimum Gasteiger partial charge on any atom is -0.489 e. The second-order valence-electron chi connectivity index (χ2n) is 3.67. The van der Waals surface area contributed by atoms with E-state index in [2.05, 4.69) is 4.98 Å². The molecular formula is C13H11Cl2NO2. The van der Waals surface area contributed by atoms with Gasteiger partial charge in [-0.15, -0.1) is 0 Å². The molecule has 0 saturated heterocycles. The minimum atomic E-state index is 0.0210. The summed E-state index contributed by atoms with van der Waals surface area (Å²) >= 11 is 11.6. The molecule has 3 nitrogen and oxygen atoms in total. The number of nitrogens with zero attached hydrogens (tertiary/aromatic N) is 1. The molecule has 0 bridgehead atoms. The highest BCUT2D eigenvalue weighted by Gasteiger charge is 2.03. The maximum atomic E-state index is 8.92. The van der Waals surface area contributed by atoms with Crippen LogP contribution in [0.5, 0.6) is 5.75 Å². The van der Waals surface area contributed by atoms with E-state index in [-0.39, 0.29) is 6.61 Å². The lowest BCUT2D eigenvalue weighted by Gasteiger charge is -2.08. The van der Waals surface area contributed by atoms with Gasteiger partial charge in [-0.1, -0.05) is 35.3 Å². The number of rotatable bonds is 4. The highest BCUT2D eigenvalue weighted by Crippen LogP contribution is 2.19. The third-order valence-corrected chi connectivity index (χ3v) is 2.93. The molecule has 94 valence electrons. The Hall–Kier alpha value is -1.29. The fourth-order valence-corrected chi connectivity index (χ4v) is 1.80. The van der Waals surface area contributed by atoms with Gasteiger partial charge in [0.25, 0.3) is 0 Å². The molecule has 0 fully saturated rings. The number of ether oxygens (including phenoxy) is 1. The van der Waals surface area contributed by atoms with Gasteiger partial charge >= 0.3 is 0 Å². The predicted octanol–water partition coefficient (Wildman–Crippen LogP) is 3.46. The van der Waals surface area contributed by atoms with Gasteiger partial charge in [0.2, 0.25) is 0 Å². The molecule has 0 amide bonds. The monoisotopic (exact) mass is 283 g/mol. The van der Waals surface area contributed by atoms with E-state index in [1.807, 2.05) is 0 Å². The predicted molar refractivity (Wildman–Crippen MR) is 71.0 cm³/mol. The minimum absolute atomic E-state index is 0.0210. The molecule has 5 heteroatoms. The Labute approximate surface area is 115 Å². The zero-order chi connectivity index (χ0) is 13.0. The van der Waals surface area contributed by atoms with Gasteiger partial charge in [0.05, 0.1) is 6.61 Å². The Morgan fingerprint density at radius 2 is 1.78 bits per heavy atom. The first-order valence-electron chi connectivity index (χ1n) is 5.32. The molecule has 1 heterocycles. The molecule has 0 aliphatic rings. The van der Waals surface area contributed by atoms with E-state index in [4.69, 9.17) is 33.0 Å². The number of pyridine rings is 1. The average Bonchev–Trinajstić information content (AvgIpc) is 2.38. The molecule has 1 N–H and O–H groups in total. The number of aliphatic hydroxyl groups is 1. The summed E-state index contributed by atoms with van der Waals surface area (Å²) in [6, 6.07) is 10.6. The van der Waals surface area contributed by atoms with Crippen LogP contribution in [-0.4, -0.2) is 10.1 Å². The van der Waals surface area contributed by atoms with E-state index in [1.54, 1.807) is 36.4 Å². The number of halogens is 2. The third kappa shape index (κ3) is 3.35. The molecule has 18 heavy (non-hydrogen) atoms. The van der Waals surface area contributed by atoms with E-state index in [1.165, 1.54) is 0 Å². The van der Waals surface area contributed by atoms with Crippen molar-refractivity contribution in [2.75, 3.05) is 0 Å². The van der Waals surface area contributed by atoms with Gasteiger partial charge in [0, 0.05) is 5.56 Å². The number of hydrogen-bond donors (Lipinski definition) is 1. The van der Waals surface area contributed by atoms with E-state index in [0.717, 1.165) is 11.1 Å². The topological polar surface area (TPSA) is 42.4 Å². The lowest BCUT2D eigenvalue weighted by atomic mass is 10.2. The van der Waals surface area contributed by atoms with Crippen LogP contribution in [0.4, 0.5) is 0 Å². The average molecular weight is 284 g/mol. The third-order valence-electron chi connectivity index (χ3n) is 2.39. The molecule has 0 radical (unpaired) electrons. The molecular weight excluding hydrogens is 273 g/mol. The highest BCUT2D eigenvalue weighted by atomic mass is 35.5. The Balaban J connectivity index is 2.02. The zero-order valence-electron chi connectivity index (χ0n) is 9.44. The Morgan fingerprint density at radius 3 is 2.39 bits per heavy atom. The molecule has 0 saturated carbocycles. The van der Waals surface area contributed by atoms with Crippen LogP contribution in [0.15, 0.2) is 36.4 Å². The van der Waals surface area contributed by atoms with Gasteiger partial charge in [-0.05, 0) is 29.8 Å². The van der Waals surface area contributed by atoms with Crippen LogP contribution in [-0.2, 0) is 13.2 Å². The van der Waals surface area contributed by atoms with Crippen molar-refractivity contribution in [3.8, 4) is 5.75 Å². The fourth-order valence-electron chi connectivity index (χ4n) is 1.40. The lowest BCUT2D eigenvalue weighted by Crippen LogP contribution is -1.97. The van der Waals surface area contributed by atoms with Crippen molar-refractivity contribution in [1.82, 2.24) is 4.98 Å².